The zero-order chi connectivity index (χ0) is 25.0. The largest absolute Gasteiger partial charge is 0.545 e. The minimum atomic E-state index is -1.26. The van der Waals surface area contributed by atoms with E-state index >= 15 is 0 Å². The maximum atomic E-state index is 12.5. The molecule has 7 nitrogen and oxygen atoms in total. The number of aromatic carboxylic acids is 1. The Hall–Kier alpha value is -3.91. The van der Waals surface area contributed by atoms with E-state index < -0.39 is 5.97 Å². The Balaban J connectivity index is 1.55. The van der Waals surface area contributed by atoms with Crippen molar-refractivity contribution in [3.63, 3.8) is 0 Å². The highest BCUT2D eigenvalue weighted by atomic mass is 32.2. The molecule has 0 atom stereocenters. The zero-order valence-electron chi connectivity index (χ0n) is 19.7. The van der Waals surface area contributed by atoms with Crippen molar-refractivity contribution in [2.24, 2.45) is 0 Å². The summed E-state index contributed by atoms with van der Waals surface area (Å²) in [6, 6.07) is 23.9. The maximum Gasteiger partial charge on any atom is 0.234 e. The van der Waals surface area contributed by atoms with Crippen LogP contribution in [0.5, 0.6) is 0 Å². The maximum absolute atomic E-state index is 12.5. The second-order valence-electron chi connectivity index (χ2n) is 9.01. The van der Waals surface area contributed by atoms with Crippen LogP contribution >= 0.6 is 11.8 Å². The molecule has 1 amide bonds. The molecule has 0 aliphatic carbocycles. The molecule has 0 aliphatic heterocycles. The average molecular weight is 486 g/mol. The van der Waals surface area contributed by atoms with Crippen LogP contribution in [0.1, 0.15) is 36.7 Å². The molecule has 0 bridgehead atoms. The number of thioether (sulfide) groups is 1. The first-order valence-corrected chi connectivity index (χ1v) is 12.1. The number of anilines is 1. The fraction of sp³-hybridized carbons (Fsp3) is 0.185. The first kappa shape index (κ1) is 24.2. The van der Waals surface area contributed by atoms with Crippen LogP contribution < -0.4 is 10.4 Å². The normalized spacial score (nSPS) is 11.3. The number of carboxylic acids is 1. The van der Waals surface area contributed by atoms with Crippen molar-refractivity contribution in [2.45, 2.75) is 31.3 Å². The number of nitrogens with zero attached hydrogens (tertiary/aromatic N) is 3. The molecular formula is C27H25N4O3S-. The van der Waals surface area contributed by atoms with Gasteiger partial charge in [-0.15, -0.1) is 10.2 Å². The number of aromatic nitrogens is 3. The molecule has 0 radical (unpaired) electrons. The van der Waals surface area contributed by atoms with Crippen LogP contribution in [0.4, 0.5) is 5.69 Å². The standard InChI is InChI=1S/C27H26N4O3S/c1-27(2,3)20-13-9-18(10-14-20)24-29-30-26(31(24)22-7-5-4-6-8-22)35-17-23(32)28-21-15-11-19(12-16-21)25(33)34/h4-16H,17H2,1-3H3,(H,28,32)(H,33,34)/p-1. The van der Waals surface area contributed by atoms with Crippen molar-refractivity contribution in [3.05, 3.63) is 90.0 Å². The summed E-state index contributed by atoms with van der Waals surface area (Å²) in [5, 5.41) is 23.1. The molecule has 1 aromatic heterocycles. The van der Waals surface area contributed by atoms with Crippen LogP contribution in [0.25, 0.3) is 17.1 Å². The van der Waals surface area contributed by atoms with Crippen molar-refractivity contribution in [1.82, 2.24) is 14.8 Å². The molecule has 4 rings (SSSR count). The van der Waals surface area contributed by atoms with E-state index in [1.807, 2.05) is 47.0 Å². The lowest BCUT2D eigenvalue weighted by atomic mass is 9.87. The van der Waals surface area contributed by atoms with E-state index in [1.54, 1.807) is 0 Å². The van der Waals surface area contributed by atoms with Crippen LogP contribution in [-0.4, -0.2) is 32.4 Å². The van der Waals surface area contributed by atoms with Crippen molar-refractivity contribution < 1.29 is 14.7 Å². The second kappa shape index (κ2) is 10.1. The number of benzene rings is 3. The van der Waals surface area contributed by atoms with E-state index in [0.29, 0.717) is 16.7 Å². The molecule has 1 N–H and O–H groups in total. The Kier molecular flexibility index (Phi) is 7.02. The van der Waals surface area contributed by atoms with Gasteiger partial charge in [-0.25, -0.2) is 0 Å². The lowest BCUT2D eigenvalue weighted by Crippen LogP contribution is -2.22. The number of amides is 1. The minimum absolute atomic E-state index is 0.0465. The number of rotatable bonds is 7. The van der Waals surface area contributed by atoms with Crippen LogP contribution in [0.15, 0.2) is 84.0 Å². The highest BCUT2D eigenvalue weighted by Crippen LogP contribution is 2.30. The Labute approximate surface area is 208 Å². The van der Waals surface area contributed by atoms with Gasteiger partial charge in [-0.05, 0) is 40.8 Å². The van der Waals surface area contributed by atoms with Crippen LogP contribution in [0, 0.1) is 0 Å². The van der Waals surface area contributed by atoms with E-state index in [4.69, 9.17) is 0 Å². The molecule has 0 fully saturated rings. The van der Waals surface area contributed by atoms with E-state index in [-0.39, 0.29) is 22.6 Å². The average Bonchev–Trinajstić information content (AvgIpc) is 3.27. The van der Waals surface area contributed by atoms with Gasteiger partial charge in [-0.1, -0.05) is 87.1 Å². The third-order valence-electron chi connectivity index (χ3n) is 5.39. The third kappa shape index (κ3) is 5.78. The summed E-state index contributed by atoms with van der Waals surface area (Å²) in [6.07, 6.45) is 0. The number of hydrogen-bond acceptors (Lipinski definition) is 6. The fourth-order valence-electron chi connectivity index (χ4n) is 3.50. The van der Waals surface area contributed by atoms with Crippen LogP contribution in [-0.2, 0) is 10.2 Å². The number of carboxylic acid groups (broad SMARTS) is 1. The number of carbonyl (C=O) groups is 2. The Morgan fingerprint density at radius 1 is 0.914 bits per heavy atom. The van der Waals surface area contributed by atoms with Gasteiger partial charge in [-0.2, -0.15) is 0 Å². The molecule has 4 aromatic rings. The van der Waals surface area contributed by atoms with Crippen molar-refractivity contribution in [1.29, 1.82) is 0 Å². The molecule has 1 heterocycles. The van der Waals surface area contributed by atoms with Gasteiger partial charge >= 0.3 is 0 Å². The lowest BCUT2D eigenvalue weighted by Gasteiger charge is -2.19. The van der Waals surface area contributed by atoms with Gasteiger partial charge in [0, 0.05) is 16.9 Å². The van der Waals surface area contributed by atoms with E-state index in [1.165, 1.54) is 41.6 Å². The number of nitrogens with one attached hydrogen (secondary N) is 1. The highest BCUT2D eigenvalue weighted by molar-refractivity contribution is 7.99. The quantitative estimate of drug-likeness (QED) is 0.391. The van der Waals surface area contributed by atoms with E-state index in [9.17, 15) is 14.7 Å². The van der Waals surface area contributed by atoms with Gasteiger partial charge in [0.05, 0.1) is 11.7 Å². The van der Waals surface area contributed by atoms with Gasteiger partial charge in [0.25, 0.3) is 0 Å². The van der Waals surface area contributed by atoms with Crippen LogP contribution in [0.3, 0.4) is 0 Å². The topological polar surface area (TPSA) is 99.9 Å². The molecule has 0 aliphatic rings. The highest BCUT2D eigenvalue weighted by Gasteiger charge is 2.19. The summed E-state index contributed by atoms with van der Waals surface area (Å²) in [6.45, 7) is 6.52. The second-order valence-corrected chi connectivity index (χ2v) is 9.95. The number of hydrogen-bond donors (Lipinski definition) is 1. The summed E-state index contributed by atoms with van der Waals surface area (Å²) in [7, 11) is 0. The molecule has 0 saturated heterocycles. The molecular weight excluding hydrogens is 460 g/mol. The smallest absolute Gasteiger partial charge is 0.234 e. The molecule has 3 aromatic carbocycles. The van der Waals surface area contributed by atoms with Gasteiger partial charge in [-0.3, -0.25) is 9.36 Å². The molecule has 35 heavy (non-hydrogen) atoms. The monoisotopic (exact) mass is 485 g/mol. The molecule has 0 spiro atoms. The summed E-state index contributed by atoms with van der Waals surface area (Å²) < 4.78 is 1.94. The number of carbonyl (C=O) groups excluding carboxylic acids is 2. The first-order chi connectivity index (χ1) is 16.7. The predicted octanol–water partition coefficient (Wildman–Crippen LogP) is 4.33. The van der Waals surface area contributed by atoms with E-state index in [0.717, 1.165) is 11.3 Å². The molecule has 0 unspecified atom stereocenters. The Bertz CT molecular complexity index is 1330. The molecule has 178 valence electrons. The first-order valence-electron chi connectivity index (χ1n) is 11.1. The van der Waals surface area contributed by atoms with Crippen molar-refractivity contribution in [3.8, 4) is 17.1 Å². The van der Waals surface area contributed by atoms with Crippen molar-refractivity contribution >= 4 is 29.3 Å². The van der Waals surface area contributed by atoms with Crippen LogP contribution in [0.2, 0.25) is 0 Å². The summed E-state index contributed by atoms with van der Waals surface area (Å²) in [4.78, 5) is 23.4. The summed E-state index contributed by atoms with van der Waals surface area (Å²) in [5.74, 6) is -0.703. The Morgan fingerprint density at radius 2 is 1.57 bits per heavy atom. The van der Waals surface area contributed by atoms with E-state index in [2.05, 4.69) is 48.4 Å². The lowest BCUT2D eigenvalue weighted by molar-refractivity contribution is -0.255. The Morgan fingerprint density at radius 3 is 2.17 bits per heavy atom. The van der Waals surface area contributed by atoms with Gasteiger partial charge in [0.1, 0.15) is 0 Å². The number of para-hydroxylation sites is 1. The fourth-order valence-corrected chi connectivity index (χ4v) is 4.25. The molecule has 8 heteroatoms. The van der Waals surface area contributed by atoms with Gasteiger partial charge < -0.3 is 15.2 Å². The van der Waals surface area contributed by atoms with Gasteiger partial charge in [0.15, 0.2) is 11.0 Å². The molecule has 0 saturated carbocycles. The summed E-state index contributed by atoms with van der Waals surface area (Å²) in [5.41, 5.74) is 3.66. The predicted molar refractivity (Wildman–Crippen MR) is 136 cm³/mol. The van der Waals surface area contributed by atoms with Gasteiger partial charge in [0.2, 0.25) is 5.91 Å². The zero-order valence-corrected chi connectivity index (χ0v) is 20.5. The summed E-state index contributed by atoms with van der Waals surface area (Å²) >= 11 is 1.27. The SMILES string of the molecule is CC(C)(C)c1ccc(-c2nnc(SCC(=O)Nc3ccc(C(=O)[O-])cc3)n2-c2ccccc2)cc1. The van der Waals surface area contributed by atoms with Crippen molar-refractivity contribution in [2.75, 3.05) is 11.1 Å². The minimum Gasteiger partial charge on any atom is -0.545 e. The third-order valence-corrected chi connectivity index (χ3v) is 6.32.